The first-order valence-electron chi connectivity index (χ1n) is 5.74. The molecule has 1 N–H and O–H groups in total. The summed E-state index contributed by atoms with van der Waals surface area (Å²) in [6, 6.07) is 4.66. The topological polar surface area (TPSA) is 29.9 Å². The maximum absolute atomic E-state index is 13.2. The van der Waals surface area contributed by atoms with Gasteiger partial charge in [0.05, 0.1) is 23.7 Å². The SMILES string of the molecule is Fc1ccc2[nH]c(=S)n(CC3CCCO3)c2c1. The predicted octanol–water partition coefficient (Wildman–Crippen LogP) is 3.02. The van der Waals surface area contributed by atoms with E-state index < -0.39 is 0 Å². The highest BCUT2D eigenvalue weighted by molar-refractivity contribution is 7.71. The summed E-state index contributed by atoms with van der Waals surface area (Å²) in [6.07, 6.45) is 2.34. The molecule has 1 unspecified atom stereocenters. The summed E-state index contributed by atoms with van der Waals surface area (Å²) < 4.78 is 21.4. The van der Waals surface area contributed by atoms with Crippen LogP contribution >= 0.6 is 12.2 Å². The van der Waals surface area contributed by atoms with Crippen molar-refractivity contribution in [3.63, 3.8) is 0 Å². The smallest absolute Gasteiger partial charge is 0.178 e. The van der Waals surface area contributed by atoms with E-state index in [1.165, 1.54) is 12.1 Å². The molecule has 1 aliphatic rings. The van der Waals surface area contributed by atoms with Gasteiger partial charge in [0.2, 0.25) is 0 Å². The summed E-state index contributed by atoms with van der Waals surface area (Å²) in [5, 5.41) is 0. The molecule has 17 heavy (non-hydrogen) atoms. The number of ether oxygens (including phenoxy) is 1. The molecule has 0 aliphatic carbocycles. The second-order valence-electron chi connectivity index (χ2n) is 4.34. The van der Waals surface area contributed by atoms with E-state index in [1.54, 1.807) is 6.07 Å². The number of nitrogens with one attached hydrogen (secondary N) is 1. The Bertz CT molecular complexity index is 598. The molecule has 0 amide bonds. The maximum Gasteiger partial charge on any atom is 0.178 e. The molecule has 3 rings (SSSR count). The number of H-pyrrole nitrogens is 1. The maximum atomic E-state index is 13.2. The third kappa shape index (κ3) is 2.00. The van der Waals surface area contributed by atoms with E-state index in [9.17, 15) is 4.39 Å². The van der Waals surface area contributed by atoms with Gasteiger partial charge in [0.1, 0.15) is 5.82 Å². The second-order valence-corrected chi connectivity index (χ2v) is 4.72. The first kappa shape index (κ1) is 10.9. The zero-order valence-electron chi connectivity index (χ0n) is 9.28. The quantitative estimate of drug-likeness (QED) is 0.833. The molecule has 0 radical (unpaired) electrons. The Hall–Kier alpha value is -1.20. The molecule has 1 aromatic carbocycles. The lowest BCUT2D eigenvalue weighted by Gasteiger charge is -2.10. The average Bonchev–Trinajstić information content (AvgIpc) is 2.90. The summed E-state index contributed by atoms with van der Waals surface area (Å²) in [7, 11) is 0. The van der Waals surface area contributed by atoms with Gasteiger partial charge < -0.3 is 14.3 Å². The molecule has 5 heteroatoms. The van der Waals surface area contributed by atoms with Crippen LogP contribution in [-0.4, -0.2) is 22.3 Å². The van der Waals surface area contributed by atoms with Crippen LogP contribution in [0.3, 0.4) is 0 Å². The fourth-order valence-corrected chi connectivity index (χ4v) is 2.58. The molecule has 2 aromatic rings. The molecule has 1 atom stereocenters. The van der Waals surface area contributed by atoms with E-state index in [0.717, 1.165) is 30.5 Å². The van der Waals surface area contributed by atoms with Crippen molar-refractivity contribution in [1.29, 1.82) is 0 Å². The van der Waals surface area contributed by atoms with E-state index >= 15 is 0 Å². The summed E-state index contributed by atoms with van der Waals surface area (Å²) in [5.74, 6) is -0.243. The first-order chi connectivity index (χ1) is 8.24. The van der Waals surface area contributed by atoms with Crippen molar-refractivity contribution in [1.82, 2.24) is 9.55 Å². The van der Waals surface area contributed by atoms with Gasteiger partial charge in [-0.1, -0.05) is 0 Å². The van der Waals surface area contributed by atoms with E-state index in [-0.39, 0.29) is 11.9 Å². The molecule has 3 nitrogen and oxygen atoms in total. The minimum Gasteiger partial charge on any atom is -0.376 e. The molecule has 1 saturated heterocycles. The monoisotopic (exact) mass is 252 g/mol. The fourth-order valence-electron chi connectivity index (χ4n) is 2.30. The molecule has 1 aromatic heterocycles. The lowest BCUT2D eigenvalue weighted by molar-refractivity contribution is 0.0976. The van der Waals surface area contributed by atoms with Crippen LogP contribution in [0, 0.1) is 10.6 Å². The van der Waals surface area contributed by atoms with Crippen LogP contribution in [0.25, 0.3) is 11.0 Å². The van der Waals surface area contributed by atoms with Gasteiger partial charge in [-0.15, -0.1) is 0 Å². The third-order valence-electron chi connectivity index (χ3n) is 3.15. The molecular weight excluding hydrogens is 239 g/mol. The van der Waals surface area contributed by atoms with Crippen molar-refractivity contribution in [3.05, 3.63) is 28.8 Å². The van der Waals surface area contributed by atoms with Crippen molar-refractivity contribution in [2.45, 2.75) is 25.5 Å². The van der Waals surface area contributed by atoms with Gasteiger partial charge in [-0.2, -0.15) is 0 Å². The molecule has 0 spiro atoms. The molecule has 1 fully saturated rings. The van der Waals surface area contributed by atoms with E-state index in [2.05, 4.69) is 4.98 Å². The number of fused-ring (bicyclic) bond motifs is 1. The molecule has 0 bridgehead atoms. The predicted molar refractivity (Wildman–Crippen MR) is 66.1 cm³/mol. The van der Waals surface area contributed by atoms with Crippen molar-refractivity contribution in [2.75, 3.05) is 6.61 Å². The van der Waals surface area contributed by atoms with Crippen LogP contribution in [0.4, 0.5) is 4.39 Å². The number of benzene rings is 1. The highest BCUT2D eigenvalue weighted by Crippen LogP contribution is 2.20. The lowest BCUT2D eigenvalue weighted by atomic mass is 10.2. The number of hydrogen-bond donors (Lipinski definition) is 1. The van der Waals surface area contributed by atoms with Crippen molar-refractivity contribution < 1.29 is 9.13 Å². The van der Waals surface area contributed by atoms with E-state index in [4.69, 9.17) is 17.0 Å². The first-order valence-corrected chi connectivity index (χ1v) is 6.14. The second kappa shape index (κ2) is 4.23. The van der Waals surface area contributed by atoms with Gasteiger partial charge in [0, 0.05) is 6.61 Å². The molecule has 1 aliphatic heterocycles. The molecule has 90 valence electrons. The van der Waals surface area contributed by atoms with Crippen LogP contribution < -0.4 is 0 Å². The number of nitrogens with zero attached hydrogens (tertiary/aromatic N) is 1. The normalized spacial score (nSPS) is 20.2. The minimum absolute atomic E-state index is 0.198. The van der Waals surface area contributed by atoms with Crippen LogP contribution in [0.5, 0.6) is 0 Å². The number of aromatic nitrogens is 2. The van der Waals surface area contributed by atoms with Crippen LogP contribution in [0.2, 0.25) is 0 Å². The largest absolute Gasteiger partial charge is 0.376 e. The summed E-state index contributed by atoms with van der Waals surface area (Å²) >= 11 is 5.26. The van der Waals surface area contributed by atoms with Crippen LogP contribution in [0.1, 0.15) is 12.8 Å². The number of imidazole rings is 1. The Labute approximate surface area is 103 Å². The number of hydrogen-bond acceptors (Lipinski definition) is 2. The van der Waals surface area contributed by atoms with Gasteiger partial charge in [-0.25, -0.2) is 4.39 Å². The highest BCUT2D eigenvalue weighted by Gasteiger charge is 2.17. The Balaban J connectivity index is 2.04. The van der Waals surface area contributed by atoms with Crippen molar-refractivity contribution in [2.24, 2.45) is 0 Å². The van der Waals surface area contributed by atoms with Gasteiger partial charge in [-0.05, 0) is 43.3 Å². The van der Waals surface area contributed by atoms with E-state index in [1.807, 2.05) is 4.57 Å². The number of aromatic amines is 1. The van der Waals surface area contributed by atoms with Crippen molar-refractivity contribution in [3.8, 4) is 0 Å². The Morgan fingerprint density at radius 3 is 3.18 bits per heavy atom. The van der Waals surface area contributed by atoms with Gasteiger partial charge in [0.25, 0.3) is 0 Å². The Kier molecular flexibility index (Phi) is 2.72. The summed E-state index contributed by atoms with van der Waals surface area (Å²) in [6.45, 7) is 1.51. The fraction of sp³-hybridized carbons (Fsp3) is 0.417. The highest BCUT2D eigenvalue weighted by atomic mass is 32.1. The standard InChI is InChI=1S/C12H13FN2OS/c13-8-3-4-10-11(6-8)15(12(17)14-10)7-9-2-1-5-16-9/h3-4,6,9H,1-2,5,7H2,(H,14,17). The molecular formula is C12H13FN2OS. The zero-order valence-corrected chi connectivity index (χ0v) is 10.1. The molecule has 2 heterocycles. The Morgan fingerprint density at radius 2 is 2.41 bits per heavy atom. The summed E-state index contributed by atoms with van der Waals surface area (Å²) in [5.41, 5.74) is 1.68. The van der Waals surface area contributed by atoms with Gasteiger partial charge in [-0.3, -0.25) is 0 Å². The zero-order chi connectivity index (χ0) is 11.8. The van der Waals surface area contributed by atoms with Crippen LogP contribution in [-0.2, 0) is 11.3 Å². The summed E-state index contributed by atoms with van der Waals surface area (Å²) in [4.78, 5) is 3.08. The Morgan fingerprint density at radius 1 is 1.53 bits per heavy atom. The van der Waals surface area contributed by atoms with E-state index in [0.29, 0.717) is 11.3 Å². The third-order valence-corrected chi connectivity index (χ3v) is 3.47. The van der Waals surface area contributed by atoms with Crippen molar-refractivity contribution >= 4 is 23.3 Å². The number of halogens is 1. The molecule has 0 saturated carbocycles. The average molecular weight is 252 g/mol. The van der Waals surface area contributed by atoms with Crippen LogP contribution in [0.15, 0.2) is 18.2 Å². The lowest BCUT2D eigenvalue weighted by Crippen LogP contribution is -2.14. The van der Waals surface area contributed by atoms with Gasteiger partial charge in [0.15, 0.2) is 4.77 Å². The number of rotatable bonds is 2. The van der Waals surface area contributed by atoms with Gasteiger partial charge >= 0.3 is 0 Å². The minimum atomic E-state index is -0.243.